The van der Waals surface area contributed by atoms with Crippen LogP contribution in [0.15, 0.2) is 0 Å². The molecule has 0 aromatic carbocycles. The number of hydrogen-bond acceptors (Lipinski definition) is 3. The van der Waals surface area contributed by atoms with Crippen molar-refractivity contribution in [3.05, 3.63) is 0 Å². The fourth-order valence-corrected chi connectivity index (χ4v) is 3.17. The summed E-state index contributed by atoms with van der Waals surface area (Å²) in [7, 11) is 0. The third-order valence-corrected chi connectivity index (χ3v) is 4.87. The SMILES string of the molecule is NCC1(CCNCCCOCC2CC2)CCCCC1. The second-order valence-electron chi connectivity index (χ2n) is 6.64. The zero-order valence-electron chi connectivity index (χ0n) is 12.5. The molecule has 0 bridgehead atoms. The van der Waals surface area contributed by atoms with Gasteiger partial charge in [-0.25, -0.2) is 0 Å². The smallest absolute Gasteiger partial charge is 0.0494 e. The van der Waals surface area contributed by atoms with Gasteiger partial charge in [-0.05, 0) is 69.5 Å². The summed E-state index contributed by atoms with van der Waals surface area (Å²) in [6.45, 7) is 5.01. The molecule has 3 heteroatoms. The summed E-state index contributed by atoms with van der Waals surface area (Å²) in [4.78, 5) is 0. The number of nitrogens with two attached hydrogens (primary N) is 1. The summed E-state index contributed by atoms with van der Waals surface area (Å²) in [6, 6.07) is 0. The maximum atomic E-state index is 6.01. The van der Waals surface area contributed by atoms with E-state index in [1.54, 1.807) is 0 Å². The molecule has 2 aliphatic carbocycles. The number of rotatable bonds is 10. The van der Waals surface area contributed by atoms with E-state index in [1.807, 2.05) is 0 Å². The van der Waals surface area contributed by atoms with Crippen LogP contribution in [0.3, 0.4) is 0 Å². The Hall–Kier alpha value is -0.120. The maximum Gasteiger partial charge on any atom is 0.0494 e. The van der Waals surface area contributed by atoms with Crippen molar-refractivity contribution in [1.82, 2.24) is 5.32 Å². The van der Waals surface area contributed by atoms with Crippen LogP contribution in [0.2, 0.25) is 0 Å². The van der Waals surface area contributed by atoms with Crippen molar-refractivity contribution in [2.24, 2.45) is 17.1 Å². The summed E-state index contributed by atoms with van der Waals surface area (Å²) >= 11 is 0. The minimum absolute atomic E-state index is 0.452. The van der Waals surface area contributed by atoms with E-state index < -0.39 is 0 Å². The molecule has 2 aliphatic rings. The Morgan fingerprint density at radius 1 is 1.11 bits per heavy atom. The van der Waals surface area contributed by atoms with Crippen molar-refractivity contribution < 1.29 is 4.74 Å². The van der Waals surface area contributed by atoms with Gasteiger partial charge in [-0.15, -0.1) is 0 Å². The molecule has 0 spiro atoms. The second-order valence-corrected chi connectivity index (χ2v) is 6.64. The van der Waals surface area contributed by atoms with Crippen LogP contribution in [0.4, 0.5) is 0 Å². The van der Waals surface area contributed by atoms with Crippen molar-refractivity contribution in [2.45, 2.75) is 57.8 Å². The zero-order chi connectivity index (χ0) is 13.4. The molecule has 0 aliphatic heterocycles. The fourth-order valence-electron chi connectivity index (χ4n) is 3.17. The summed E-state index contributed by atoms with van der Waals surface area (Å²) in [5.41, 5.74) is 6.46. The average molecular weight is 268 g/mol. The molecule has 0 aromatic heterocycles. The van der Waals surface area contributed by atoms with Crippen molar-refractivity contribution in [2.75, 3.05) is 32.8 Å². The van der Waals surface area contributed by atoms with Crippen molar-refractivity contribution in [3.8, 4) is 0 Å². The molecule has 3 nitrogen and oxygen atoms in total. The van der Waals surface area contributed by atoms with Gasteiger partial charge in [-0.3, -0.25) is 0 Å². The van der Waals surface area contributed by atoms with E-state index in [4.69, 9.17) is 10.5 Å². The molecule has 2 fully saturated rings. The monoisotopic (exact) mass is 268 g/mol. The summed E-state index contributed by atoms with van der Waals surface area (Å²) in [6.07, 6.45) is 12.0. The Morgan fingerprint density at radius 2 is 1.89 bits per heavy atom. The molecule has 0 aromatic rings. The van der Waals surface area contributed by atoms with E-state index in [2.05, 4.69) is 5.32 Å². The van der Waals surface area contributed by atoms with Crippen molar-refractivity contribution in [1.29, 1.82) is 0 Å². The molecule has 2 rings (SSSR count). The van der Waals surface area contributed by atoms with E-state index in [9.17, 15) is 0 Å². The minimum atomic E-state index is 0.452. The lowest BCUT2D eigenvalue weighted by Gasteiger charge is -2.36. The molecule has 0 atom stereocenters. The molecule has 2 saturated carbocycles. The Morgan fingerprint density at radius 3 is 2.58 bits per heavy atom. The molecule has 0 unspecified atom stereocenters. The third-order valence-electron chi connectivity index (χ3n) is 4.87. The van der Waals surface area contributed by atoms with Gasteiger partial charge in [0.05, 0.1) is 0 Å². The quantitative estimate of drug-likeness (QED) is 0.599. The molecule has 112 valence electrons. The Labute approximate surface area is 118 Å². The maximum absolute atomic E-state index is 6.01. The Bertz CT molecular complexity index is 235. The van der Waals surface area contributed by atoms with Gasteiger partial charge in [0.2, 0.25) is 0 Å². The van der Waals surface area contributed by atoms with Gasteiger partial charge in [0, 0.05) is 13.2 Å². The van der Waals surface area contributed by atoms with Gasteiger partial charge < -0.3 is 15.8 Å². The molecule has 0 amide bonds. The fraction of sp³-hybridized carbons (Fsp3) is 1.00. The van der Waals surface area contributed by atoms with Gasteiger partial charge in [0.15, 0.2) is 0 Å². The lowest BCUT2D eigenvalue weighted by Crippen LogP contribution is -2.36. The molecule has 19 heavy (non-hydrogen) atoms. The zero-order valence-corrected chi connectivity index (χ0v) is 12.5. The topological polar surface area (TPSA) is 47.3 Å². The molecule has 0 heterocycles. The van der Waals surface area contributed by atoms with Crippen LogP contribution in [-0.4, -0.2) is 32.8 Å². The van der Waals surface area contributed by atoms with Crippen LogP contribution in [-0.2, 0) is 4.74 Å². The largest absolute Gasteiger partial charge is 0.381 e. The minimum Gasteiger partial charge on any atom is -0.381 e. The van der Waals surface area contributed by atoms with Crippen molar-refractivity contribution >= 4 is 0 Å². The predicted octanol–water partition coefficient (Wildman–Crippen LogP) is 2.69. The highest BCUT2D eigenvalue weighted by molar-refractivity contribution is 4.84. The van der Waals surface area contributed by atoms with E-state index >= 15 is 0 Å². The molecule has 3 N–H and O–H groups in total. The van der Waals surface area contributed by atoms with Gasteiger partial charge in [0.1, 0.15) is 0 Å². The van der Waals surface area contributed by atoms with E-state index in [-0.39, 0.29) is 0 Å². The lowest BCUT2D eigenvalue weighted by atomic mass is 9.72. The molecule has 0 radical (unpaired) electrons. The first kappa shape index (κ1) is 15.3. The van der Waals surface area contributed by atoms with Gasteiger partial charge in [0.25, 0.3) is 0 Å². The number of hydrogen-bond donors (Lipinski definition) is 2. The van der Waals surface area contributed by atoms with E-state index in [0.717, 1.165) is 45.2 Å². The lowest BCUT2D eigenvalue weighted by molar-refractivity contribution is 0.121. The molecular weight excluding hydrogens is 236 g/mol. The summed E-state index contributed by atoms with van der Waals surface area (Å²) in [5, 5.41) is 3.56. The first-order chi connectivity index (χ1) is 9.35. The van der Waals surface area contributed by atoms with Crippen LogP contribution in [0.5, 0.6) is 0 Å². The van der Waals surface area contributed by atoms with E-state index in [1.165, 1.54) is 51.4 Å². The molecule has 0 saturated heterocycles. The standard InChI is InChI=1S/C16H32N2O/c17-14-16(7-2-1-3-8-16)9-11-18-10-4-12-19-13-15-5-6-15/h15,18H,1-14,17H2. The second kappa shape index (κ2) is 8.23. The highest BCUT2D eigenvalue weighted by Crippen LogP contribution is 2.37. The summed E-state index contributed by atoms with van der Waals surface area (Å²) in [5.74, 6) is 0.892. The third kappa shape index (κ3) is 5.80. The van der Waals surface area contributed by atoms with Crippen molar-refractivity contribution in [3.63, 3.8) is 0 Å². The van der Waals surface area contributed by atoms with Crippen LogP contribution in [0.25, 0.3) is 0 Å². The van der Waals surface area contributed by atoms with Crippen LogP contribution in [0.1, 0.15) is 57.8 Å². The van der Waals surface area contributed by atoms with Gasteiger partial charge in [-0.2, -0.15) is 0 Å². The first-order valence-electron chi connectivity index (χ1n) is 8.33. The highest BCUT2D eigenvalue weighted by Gasteiger charge is 2.29. The Balaban J connectivity index is 1.43. The highest BCUT2D eigenvalue weighted by atomic mass is 16.5. The van der Waals surface area contributed by atoms with Crippen LogP contribution in [0, 0.1) is 11.3 Å². The molecular formula is C16H32N2O. The number of ether oxygens (including phenoxy) is 1. The van der Waals surface area contributed by atoms with Gasteiger partial charge in [-0.1, -0.05) is 19.3 Å². The normalized spacial score (nSPS) is 22.6. The summed E-state index contributed by atoms with van der Waals surface area (Å²) < 4.78 is 5.64. The van der Waals surface area contributed by atoms with Crippen LogP contribution >= 0.6 is 0 Å². The first-order valence-corrected chi connectivity index (χ1v) is 8.33. The van der Waals surface area contributed by atoms with Crippen LogP contribution < -0.4 is 11.1 Å². The Kier molecular flexibility index (Phi) is 6.62. The van der Waals surface area contributed by atoms with E-state index in [0.29, 0.717) is 5.41 Å². The average Bonchev–Trinajstić information content (AvgIpc) is 3.27. The predicted molar refractivity (Wildman–Crippen MR) is 80.2 cm³/mol. The number of nitrogens with one attached hydrogen (secondary N) is 1. The van der Waals surface area contributed by atoms with Gasteiger partial charge >= 0.3 is 0 Å².